The third kappa shape index (κ3) is 4.55. The number of nitrogens with zero attached hydrogens (tertiary/aromatic N) is 1. The second-order valence-electron chi connectivity index (χ2n) is 5.03. The third-order valence-corrected chi connectivity index (χ3v) is 3.40. The fourth-order valence-electron chi connectivity index (χ4n) is 2.16. The number of fused-ring (bicyclic) bond motifs is 1. The molecule has 0 saturated carbocycles. The molecule has 0 spiro atoms. The van der Waals surface area contributed by atoms with Crippen LogP contribution in [0.3, 0.4) is 0 Å². The minimum Gasteiger partial charge on any atom is -0.469 e. The quantitative estimate of drug-likeness (QED) is 0.630. The molecule has 1 amide bonds. The van der Waals surface area contributed by atoms with E-state index in [1.807, 2.05) is 30.3 Å². The van der Waals surface area contributed by atoms with Gasteiger partial charge < -0.3 is 10.1 Å². The number of aromatic nitrogens is 1. The molecule has 1 heterocycles. The summed E-state index contributed by atoms with van der Waals surface area (Å²) in [5.74, 6) is -0.358. The first-order valence-electron chi connectivity index (χ1n) is 7.41. The van der Waals surface area contributed by atoms with E-state index < -0.39 is 0 Å². The molecule has 0 saturated heterocycles. The molecule has 0 aliphatic heterocycles. The van der Waals surface area contributed by atoms with E-state index in [0.29, 0.717) is 18.7 Å². The van der Waals surface area contributed by atoms with Crippen LogP contribution in [0.2, 0.25) is 0 Å². The molecule has 22 heavy (non-hydrogen) atoms. The zero-order valence-electron chi connectivity index (χ0n) is 12.7. The van der Waals surface area contributed by atoms with Crippen LogP contribution in [0.25, 0.3) is 10.9 Å². The monoisotopic (exact) mass is 300 g/mol. The van der Waals surface area contributed by atoms with Gasteiger partial charge in [0.15, 0.2) is 0 Å². The van der Waals surface area contributed by atoms with E-state index in [2.05, 4.69) is 15.0 Å². The number of para-hydroxylation sites is 1. The van der Waals surface area contributed by atoms with Crippen LogP contribution in [-0.4, -0.2) is 30.5 Å². The van der Waals surface area contributed by atoms with Gasteiger partial charge in [0.1, 0.15) is 5.69 Å². The molecule has 0 bridgehead atoms. The molecule has 1 aromatic carbocycles. The van der Waals surface area contributed by atoms with Crippen molar-refractivity contribution in [3.05, 3.63) is 42.1 Å². The van der Waals surface area contributed by atoms with Crippen LogP contribution in [0.1, 0.15) is 36.2 Å². The second-order valence-corrected chi connectivity index (χ2v) is 5.03. The number of methoxy groups -OCH3 is 1. The molecule has 0 atom stereocenters. The molecular formula is C17H20N2O3. The average Bonchev–Trinajstić information content (AvgIpc) is 2.56. The standard InChI is InChI=1S/C17H20N2O3/c1-22-16(20)9-3-2-6-12-18-17(21)15-11-10-13-7-4-5-8-14(13)19-15/h4-5,7-8,10-11H,2-3,6,9,12H2,1H3,(H,18,21). The molecule has 1 N–H and O–H groups in total. The van der Waals surface area contributed by atoms with Crippen molar-refractivity contribution in [2.45, 2.75) is 25.7 Å². The van der Waals surface area contributed by atoms with Crippen LogP contribution in [0.4, 0.5) is 0 Å². The Morgan fingerprint density at radius 2 is 1.91 bits per heavy atom. The number of carbonyl (C=O) groups excluding carboxylic acids is 2. The third-order valence-electron chi connectivity index (χ3n) is 3.40. The Labute approximate surface area is 129 Å². The number of unbranched alkanes of at least 4 members (excludes halogenated alkanes) is 2. The maximum Gasteiger partial charge on any atom is 0.305 e. The number of hydrogen-bond donors (Lipinski definition) is 1. The van der Waals surface area contributed by atoms with Crippen LogP contribution >= 0.6 is 0 Å². The van der Waals surface area contributed by atoms with Crippen molar-refractivity contribution >= 4 is 22.8 Å². The second kappa shape index (κ2) is 8.12. The molecule has 116 valence electrons. The summed E-state index contributed by atoms with van der Waals surface area (Å²) in [5.41, 5.74) is 1.24. The summed E-state index contributed by atoms with van der Waals surface area (Å²) in [6.45, 7) is 0.578. The minimum absolute atomic E-state index is 0.168. The van der Waals surface area contributed by atoms with Gasteiger partial charge in [-0.15, -0.1) is 0 Å². The Bertz CT molecular complexity index is 655. The topological polar surface area (TPSA) is 68.3 Å². The van der Waals surface area contributed by atoms with E-state index in [1.165, 1.54) is 7.11 Å². The number of pyridine rings is 1. The Balaban J connectivity index is 1.75. The van der Waals surface area contributed by atoms with Gasteiger partial charge in [-0.25, -0.2) is 4.98 Å². The van der Waals surface area contributed by atoms with E-state index in [0.717, 1.165) is 30.2 Å². The zero-order chi connectivity index (χ0) is 15.8. The highest BCUT2D eigenvalue weighted by atomic mass is 16.5. The summed E-state index contributed by atoms with van der Waals surface area (Å²) in [4.78, 5) is 27.3. The molecule has 5 heteroatoms. The molecule has 0 aliphatic carbocycles. The van der Waals surface area contributed by atoms with E-state index in [1.54, 1.807) is 6.07 Å². The summed E-state index contributed by atoms with van der Waals surface area (Å²) in [6, 6.07) is 11.3. The number of nitrogens with one attached hydrogen (secondary N) is 1. The summed E-state index contributed by atoms with van der Waals surface area (Å²) in [6.07, 6.45) is 2.91. The average molecular weight is 300 g/mol. The van der Waals surface area contributed by atoms with E-state index in [4.69, 9.17) is 0 Å². The first-order valence-corrected chi connectivity index (χ1v) is 7.41. The molecule has 0 aliphatic rings. The zero-order valence-corrected chi connectivity index (χ0v) is 12.7. The highest BCUT2D eigenvalue weighted by molar-refractivity contribution is 5.94. The molecule has 2 aromatic rings. The molecular weight excluding hydrogens is 280 g/mol. The normalized spacial score (nSPS) is 10.4. The van der Waals surface area contributed by atoms with Crippen LogP contribution in [0.15, 0.2) is 36.4 Å². The number of esters is 1. The summed E-state index contributed by atoms with van der Waals surface area (Å²) < 4.78 is 4.57. The van der Waals surface area contributed by atoms with Gasteiger partial charge in [-0.2, -0.15) is 0 Å². The fraction of sp³-hybridized carbons (Fsp3) is 0.353. The lowest BCUT2D eigenvalue weighted by Gasteiger charge is -2.05. The number of hydrogen-bond acceptors (Lipinski definition) is 4. The lowest BCUT2D eigenvalue weighted by Crippen LogP contribution is -2.25. The van der Waals surface area contributed by atoms with Crippen molar-refractivity contribution in [3.8, 4) is 0 Å². The fourth-order valence-corrected chi connectivity index (χ4v) is 2.16. The largest absolute Gasteiger partial charge is 0.469 e. The molecule has 0 radical (unpaired) electrons. The van der Waals surface area contributed by atoms with Gasteiger partial charge in [-0.05, 0) is 25.0 Å². The van der Waals surface area contributed by atoms with Crippen molar-refractivity contribution in [1.82, 2.24) is 10.3 Å². The van der Waals surface area contributed by atoms with Gasteiger partial charge in [0.25, 0.3) is 5.91 Å². The van der Waals surface area contributed by atoms with Gasteiger partial charge >= 0.3 is 5.97 Å². The van der Waals surface area contributed by atoms with Gasteiger partial charge in [-0.3, -0.25) is 9.59 Å². The Kier molecular flexibility index (Phi) is 5.89. The van der Waals surface area contributed by atoms with Crippen molar-refractivity contribution in [1.29, 1.82) is 0 Å². The van der Waals surface area contributed by atoms with Crippen molar-refractivity contribution in [3.63, 3.8) is 0 Å². The van der Waals surface area contributed by atoms with Crippen molar-refractivity contribution in [2.24, 2.45) is 0 Å². The summed E-state index contributed by atoms with van der Waals surface area (Å²) in [5, 5.41) is 3.86. The van der Waals surface area contributed by atoms with Gasteiger partial charge in [0.05, 0.1) is 12.6 Å². The lowest BCUT2D eigenvalue weighted by atomic mass is 10.2. The Hall–Kier alpha value is -2.43. The van der Waals surface area contributed by atoms with E-state index >= 15 is 0 Å². The summed E-state index contributed by atoms with van der Waals surface area (Å²) in [7, 11) is 1.39. The SMILES string of the molecule is COC(=O)CCCCCNC(=O)c1ccc2ccccc2n1. The highest BCUT2D eigenvalue weighted by Crippen LogP contribution is 2.11. The van der Waals surface area contributed by atoms with Crippen molar-refractivity contribution < 1.29 is 14.3 Å². The van der Waals surface area contributed by atoms with Gasteiger partial charge in [0, 0.05) is 18.4 Å². The lowest BCUT2D eigenvalue weighted by molar-refractivity contribution is -0.140. The van der Waals surface area contributed by atoms with Crippen LogP contribution in [0, 0.1) is 0 Å². The smallest absolute Gasteiger partial charge is 0.305 e. The molecule has 0 unspecified atom stereocenters. The molecule has 1 aromatic heterocycles. The minimum atomic E-state index is -0.190. The summed E-state index contributed by atoms with van der Waals surface area (Å²) >= 11 is 0. The Morgan fingerprint density at radius 3 is 2.73 bits per heavy atom. The van der Waals surface area contributed by atoms with E-state index in [-0.39, 0.29) is 11.9 Å². The number of amides is 1. The molecule has 0 fully saturated rings. The van der Waals surface area contributed by atoms with Gasteiger partial charge in [0.2, 0.25) is 0 Å². The number of benzene rings is 1. The first kappa shape index (κ1) is 15.9. The number of rotatable bonds is 7. The van der Waals surface area contributed by atoms with Gasteiger partial charge in [-0.1, -0.05) is 30.7 Å². The predicted octanol–water partition coefficient (Wildman–Crippen LogP) is 2.70. The van der Waals surface area contributed by atoms with E-state index in [9.17, 15) is 9.59 Å². The first-order chi connectivity index (χ1) is 10.7. The maximum absolute atomic E-state index is 12.0. The van der Waals surface area contributed by atoms with Crippen LogP contribution in [-0.2, 0) is 9.53 Å². The highest BCUT2D eigenvalue weighted by Gasteiger charge is 2.07. The predicted molar refractivity (Wildman–Crippen MR) is 84.6 cm³/mol. The Morgan fingerprint density at radius 1 is 1.09 bits per heavy atom. The maximum atomic E-state index is 12.0. The number of carbonyl (C=O) groups is 2. The number of ether oxygens (including phenoxy) is 1. The molecule has 2 rings (SSSR count). The van der Waals surface area contributed by atoms with Crippen molar-refractivity contribution in [2.75, 3.05) is 13.7 Å². The van der Waals surface area contributed by atoms with Crippen LogP contribution in [0.5, 0.6) is 0 Å². The molecule has 5 nitrogen and oxygen atoms in total. The van der Waals surface area contributed by atoms with Crippen LogP contribution < -0.4 is 5.32 Å².